The predicted octanol–water partition coefficient (Wildman–Crippen LogP) is 5.38. The van der Waals surface area contributed by atoms with E-state index < -0.39 is 18.5 Å². The van der Waals surface area contributed by atoms with E-state index in [1.54, 1.807) is 0 Å². The van der Waals surface area contributed by atoms with Gasteiger partial charge in [-0.3, -0.25) is 12.7 Å². The van der Waals surface area contributed by atoms with E-state index in [1.165, 1.54) is 0 Å². The van der Waals surface area contributed by atoms with E-state index in [1.807, 2.05) is 13.8 Å². The van der Waals surface area contributed by atoms with Crippen LogP contribution in [0.1, 0.15) is 96.9 Å². The average molecular weight is 495 g/mol. The summed E-state index contributed by atoms with van der Waals surface area (Å²) in [5, 5.41) is 0. The molecule has 7 heteroatoms. The molecule has 6 nitrogen and oxygen atoms in total. The van der Waals surface area contributed by atoms with Crippen molar-refractivity contribution in [2.45, 2.75) is 119 Å². The van der Waals surface area contributed by atoms with Gasteiger partial charge in [-0.05, 0) is 110 Å². The first kappa shape index (κ1) is 32.9. The van der Waals surface area contributed by atoms with Gasteiger partial charge in [0.05, 0.1) is 0 Å². The number of hydrogen-bond acceptors (Lipinski definition) is 4. The molecule has 29 heavy (non-hydrogen) atoms. The Morgan fingerprint density at radius 3 is 0.862 bits per heavy atom. The third-order valence-electron chi connectivity index (χ3n) is 3.34. The molecule has 172 valence electrons. The van der Waals surface area contributed by atoms with Gasteiger partial charge in [-0.25, -0.2) is 0 Å². The Labute approximate surface area is 189 Å². The maximum absolute atomic E-state index is 8.50. The molecular formula is C22H46MoN4O2. The molecule has 0 N–H and O–H groups in total. The van der Waals surface area contributed by atoms with Crippen LogP contribution in [0.25, 0.3) is 0 Å². The van der Waals surface area contributed by atoms with Crippen molar-refractivity contribution in [3.05, 3.63) is 0 Å². The van der Waals surface area contributed by atoms with E-state index in [0.29, 0.717) is 0 Å². The first-order valence-corrected chi connectivity index (χ1v) is 11.8. The second-order valence-corrected chi connectivity index (χ2v) is 10.9. The Hall–Kier alpha value is -0.772. The number of aliphatic imine (C=N–C) groups is 2. The fourth-order valence-electron chi connectivity index (χ4n) is 2.90. The number of nitrogens with zero attached hydrogens (tertiary/aromatic N) is 4. The van der Waals surface area contributed by atoms with Crippen molar-refractivity contribution in [3.63, 3.8) is 0 Å². The summed E-state index contributed by atoms with van der Waals surface area (Å²) < 4.78 is 17.0. The van der Waals surface area contributed by atoms with Gasteiger partial charge in [0, 0.05) is 22.2 Å². The molecule has 0 radical (unpaired) electrons. The van der Waals surface area contributed by atoms with Crippen LogP contribution in [-0.4, -0.2) is 57.7 Å². The first-order chi connectivity index (χ1) is 12.8. The minimum atomic E-state index is -2.03. The van der Waals surface area contributed by atoms with Crippen molar-refractivity contribution in [1.82, 2.24) is 9.80 Å². The van der Waals surface area contributed by atoms with Crippen molar-refractivity contribution in [1.29, 1.82) is 0 Å². The molecule has 0 aromatic rings. The zero-order valence-electron chi connectivity index (χ0n) is 21.4. The molecule has 0 unspecified atom stereocenters. The van der Waals surface area contributed by atoms with E-state index in [4.69, 9.17) is 6.80 Å². The molecule has 0 bridgehead atoms. The molecule has 0 spiro atoms. The van der Waals surface area contributed by atoms with Crippen molar-refractivity contribution in [3.8, 4) is 0 Å². The minimum absolute atomic E-state index is 0.0803. The molecule has 0 rings (SSSR count). The van der Waals surface area contributed by atoms with Crippen LogP contribution in [0, 0.1) is 0 Å². The maximum atomic E-state index is 8.50. The topological polar surface area (TPSA) is 65.3 Å². The molecule has 0 fully saturated rings. The summed E-state index contributed by atoms with van der Waals surface area (Å²) in [5.41, 5.74) is 0.321. The third-order valence-corrected chi connectivity index (χ3v) is 3.34. The first-order valence-electron chi connectivity index (χ1n) is 10.2. The van der Waals surface area contributed by atoms with E-state index >= 15 is 0 Å². The molecule has 0 atom stereocenters. The fourth-order valence-corrected chi connectivity index (χ4v) is 2.90. The van der Waals surface area contributed by atoms with Crippen LogP contribution < -0.4 is 0 Å². The van der Waals surface area contributed by atoms with Gasteiger partial charge in [0.2, 0.25) is 0 Å². The molecule has 0 aromatic heterocycles. The summed E-state index contributed by atoms with van der Waals surface area (Å²) in [6.45, 7) is 31.8. The third kappa shape index (κ3) is 17.8. The number of hydrogen-bond donors (Lipinski definition) is 0. The van der Waals surface area contributed by atoms with Crippen LogP contribution >= 0.6 is 0 Å². The van der Waals surface area contributed by atoms with E-state index in [0.717, 1.165) is 13.1 Å². The van der Waals surface area contributed by atoms with Crippen LogP contribution in [0.3, 0.4) is 0 Å². The van der Waals surface area contributed by atoms with Crippen LogP contribution in [0.5, 0.6) is 0 Å². The van der Waals surface area contributed by atoms with Crippen LogP contribution in [0.4, 0.5) is 0 Å². The van der Waals surface area contributed by atoms with E-state index in [2.05, 4.69) is 116 Å². The van der Waals surface area contributed by atoms with E-state index in [9.17, 15) is 0 Å². The molecule has 0 aliphatic carbocycles. The van der Waals surface area contributed by atoms with Crippen molar-refractivity contribution >= 4 is 12.7 Å². The molecule has 0 aliphatic rings. The van der Waals surface area contributed by atoms with Crippen LogP contribution in [0.2, 0.25) is 0 Å². The quantitative estimate of drug-likeness (QED) is 0.173. The standard InChI is InChI=1S/2C11H23N2.Mo.2O/c2*1-8-12-9-13(10(2,3)4)11(5,6)7;;;/h2*8H2,1-7H3;;;/q2*-1;+2;;. The Morgan fingerprint density at radius 2 is 0.759 bits per heavy atom. The summed E-state index contributed by atoms with van der Waals surface area (Å²) in [6, 6.07) is 0. The Kier molecular flexibility index (Phi) is 16.2. The Bertz CT molecular complexity index is 443. The SMILES string of the molecule is CCN=[C-]N(C(C)(C)C)C(C)(C)C.CCN=[C-]N(C(C)(C)C)C(C)(C)C.[O]=[Mo+2]=[O]. The van der Waals surface area contributed by atoms with Gasteiger partial charge in [0.25, 0.3) is 0 Å². The van der Waals surface area contributed by atoms with Gasteiger partial charge in [0.1, 0.15) is 0 Å². The summed E-state index contributed by atoms with van der Waals surface area (Å²) in [6.07, 6.45) is 6.22. The van der Waals surface area contributed by atoms with Crippen LogP contribution in [-0.2, 0) is 25.3 Å². The van der Waals surface area contributed by atoms with Crippen molar-refractivity contribution < 1.29 is 25.3 Å². The van der Waals surface area contributed by atoms with Gasteiger partial charge in [-0.15, -0.1) is 0 Å². The zero-order valence-corrected chi connectivity index (χ0v) is 23.4. The molecule has 0 aromatic carbocycles. The normalized spacial score (nSPS) is 12.6. The molecule has 0 saturated carbocycles. The summed E-state index contributed by atoms with van der Waals surface area (Å²) in [7, 11) is 0. The van der Waals surface area contributed by atoms with Crippen LogP contribution in [0.15, 0.2) is 9.98 Å². The van der Waals surface area contributed by atoms with Crippen molar-refractivity contribution in [2.75, 3.05) is 13.1 Å². The summed E-state index contributed by atoms with van der Waals surface area (Å²) >= 11 is -2.03. The average Bonchev–Trinajstić information content (AvgIpc) is 2.44. The van der Waals surface area contributed by atoms with Gasteiger partial charge in [-0.1, -0.05) is 0 Å². The molecule has 0 amide bonds. The molecular weight excluding hydrogens is 448 g/mol. The molecule has 0 aliphatic heterocycles. The number of rotatable bonds is 4. The van der Waals surface area contributed by atoms with Gasteiger partial charge in [0.15, 0.2) is 0 Å². The predicted molar refractivity (Wildman–Crippen MR) is 120 cm³/mol. The fraction of sp³-hybridized carbons (Fsp3) is 0.909. The second kappa shape index (κ2) is 14.3. The second-order valence-electron chi connectivity index (χ2n) is 10.6. The zero-order chi connectivity index (χ0) is 24.1. The van der Waals surface area contributed by atoms with Crippen molar-refractivity contribution in [2.24, 2.45) is 9.98 Å². The van der Waals surface area contributed by atoms with Gasteiger partial charge < -0.3 is 19.8 Å². The Morgan fingerprint density at radius 1 is 0.586 bits per heavy atom. The Balaban J connectivity index is -0.000000410. The monoisotopic (exact) mass is 496 g/mol. The summed E-state index contributed by atoms with van der Waals surface area (Å²) in [4.78, 5) is 12.7. The molecule has 0 heterocycles. The van der Waals surface area contributed by atoms with Gasteiger partial charge in [-0.2, -0.15) is 0 Å². The van der Waals surface area contributed by atoms with E-state index in [-0.39, 0.29) is 22.2 Å². The molecule has 0 saturated heterocycles. The van der Waals surface area contributed by atoms with Gasteiger partial charge >= 0.3 is 25.3 Å². The summed E-state index contributed by atoms with van der Waals surface area (Å²) in [5.74, 6) is 0.